The first-order valence-corrected chi connectivity index (χ1v) is 4.21. The topological polar surface area (TPSA) is 26.3 Å². The molecule has 0 spiro atoms. The number of hydrogen-bond acceptors (Lipinski definition) is 2. The molecule has 0 aromatic rings. The van der Waals surface area contributed by atoms with Crippen molar-refractivity contribution in [1.82, 2.24) is 0 Å². The Bertz CT molecular complexity index is 256. The van der Waals surface area contributed by atoms with Crippen LogP contribution < -0.4 is 0 Å². The highest BCUT2D eigenvalue weighted by Gasteiger charge is 2.22. The fourth-order valence-corrected chi connectivity index (χ4v) is 1.27. The van der Waals surface area contributed by atoms with Crippen LogP contribution >= 0.6 is 0 Å². The summed E-state index contributed by atoms with van der Waals surface area (Å²) in [6, 6.07) is 0. The summed E-state index contributed by atoms with van der Waals surface area (Å²) < 4.78 is 17.7. The summed E-state index contributed by atoms with van der Waals surface area (Å²) in [6.45, 7) is 1.83. The first-order chi connectivity index (χ1) is 6.13. The zero-order chi connectivity index (χ0) is 9.84. The number of ether oxygens (including phenoxy) is 1. The van der Waals surface area contributed by atoms with Crippen molar-refractivity contribution >= 4 is 5.97 Å². The highest BCUT2D eigenvalue weighted by molar-refractivity contribution is 5.70. The van der Waals surface area contributed by atoms with Crippen LogP contribution in [0.2, 0.25) is 0 Å². The molecule has 0 fully saturated rings. The molecule has 0 saturated carbocycles. The van der Waals surface area contributed by atoms with Gasteiger partial charge in [-0.15, -0.1) is 0 Å². The van der Waals surface area contributed by atoms with Gasteiger partial charge in [-0.25, -0.2) is 4.39 Å². The molecule has 0 saturated heterocycles. The molecule has 0 N–H and O–H groups in total. The third kappa shape index (κ3) is 2.68. The van der Waals surface area contributed by atoms with Crippen LogP contribution in [0.1, 0.15) is 13.3 Å². The molecule has 1 rings (SSSR count). The summed E-state index contributed by atoms with van der Waals surface area (Å²) in [6.07, 6.45) is 4.11. The van der Waals surface area contributed by atoms with Crippen molar-refractivity contribution in [3.05, 3.63) is 23.8 Å². The fourth-order valence-electron chi connectivity index (χ4n) is 1.27. The van der Waals surface area contributed by atoms with Crippen LogP contribution in [0, 0.1) is 5.92 Å². The molecular formula is C10H13FO2. The van der Waals surface area contributed by atoms with Crippen LogP contribution in [0.5, 0.6) is 0 Å². The third-order valence-corrected chi connectivity index (χ3v) is 2.07. The minimum Gasteiger partial charge on any atom is -0.469 e. The second-order valence-corrected chi connectivity index (χ2v) is 3.16. The number of carbonyl (C=O) groups is 1. The van der Waals surface area contributed by atoms with Crippen molar-refractivity contribution in [2.45, 2.75) is 19.5 Å². The second kappa shape index (κ2) is 4.21. The fraction of sp³-hybridized carbons (Fsp3) is 0.500. The molecule has 1 aliphatic rings. The Morgan fingerprint density at radius 1 is 1.69 bits per heavy atom. The van der Waals surface area contributed by atoms with E-state index >= 15 is 0 Å². The highest BCUT2D eigenvalue weighted by Crippen LogP contribution is 2.22. The van der Waals surface area contributed by atoms with Crippen molar-refractivity contribution in [2.24, 2.45) is 5.92 Å². The van der Waals surface area contributed by atoms with E-state index in [0.29, 0.717) is 0 Å². The van der Waals surface area contributed by atoms with E-state index in [1.807, 2.05) is 13.0 Å². The Morgan fingerprint density at radius 2 is 2.38 bits per heavy atom. The summed E-state index contributed by atoms with van der Waals surface area (Å²) in [5, 5.41) is 0. The van der Waals surface area contributed by atoms with Gasteiger partial charge in [-0.1, -0.05) is 17.7 Å². The zero-order valence-corrected chi connectivity index (χ0v) is 7.79. The molecule has 1 aliphatic carbocycles. The smallest absolute Gasteiger partial charge is 0.306 e. The van der Waals surface area contributed by atoms with E-state index in [1.165, 1.54) is 13.2 Å². The van der Waals surface area contributed by atoms with Gasteiger partial charge in [0.15, 0.2) is 0 Å². The lowest BCUT2D eigenvalue weighted by molar-refractivity contribution is -0.141. The number of alkyl halides is 1. The first kappa shape index (κ1) is 9.96. The first-order valence-electron chi connectivity index (χ1n) is 4.21. The van der Waals surface area contributed by atoms with Gasteiger partial charge in [0, 0.05) is 5.92 Å². The van der Waals surface area contributed by atoms with E-state index in [-0.39, 0.29) is 18.3 Å². The minimum absolute atomic E-state index is 0.109. The molecule has 13 heavy (non-hydrogen) atoms. The molecule has 0 bridgehead atoms. The maximum Gasteiger partial charge on any atom is 0.306 e. The summed E-state index contributed by atoms with van der Waals surface area (Å²) in [5.41, 5.74) is 0.897. The van der Waals surface area contributed by atoms with E-state index < -0.39 is 6.17 Å². The van der Waals surface area contributed by atoms with Crippen LogP contribution in [0.4, 0.5) is 4.39 Å². The van der Waals surface area contributed by atoms with Crippen molar-refractivity contribution < 1.29 is 13.9 Å². The number of halogens is 1. The maximum atomic E-state index is 13.3. The number of rotatable bonds is 2. The lowest BCUT2D eigenvalue weighted by atomic mass is 9.93. The molecule has 2 atom stereocenters. The Hall–Kier alpha value is -1.12. The molecule has 2 unspecified atom stereocenters. The monoisotopic (exact) mass is 184 g/mol. The largest absolute Gasteiger partial charge is 0.469 e. The lowest BCUT2D eigenvalue weighted by Gasteiger charge is -2.17. The van der Waals surface area contributed by atoms with Gasteiger partial charge in [-0.3, -0.25) is 4.79 Å². The molecule has 72 valence electrons. The SMILES string of the molecule is COC(=O)CC1C=CC(C)=CC1F. The molecule has 0 aromatic carbocycles. The lowest BCUT2D eigenvalue weighted by Crippen LogP contribution is -2.19. The van der Waals surface area contributed by atoms with Gasteiger partial charge in [0.1, 0.15) is 6.17 Å². The number of allylic oxidation sites excluding steroid dienone is 4. The zero-order valence-electron chi connectivity index (χ0n) is 7.79. The van der Waals surface area contributed by atoms with E-state index in [0.717, 1.165) is 5.57 Å². The van der Waals surface area contributed by atoms with Gasteiger partial charge in [0.2, 0.25) is 0 Å². The molecule has 3 heteroatoms. The van der Waals surface area contributed by atoms with E-state index in [9.17, 15) is 9.18 Å². The van der Waals surface area contributed by atoms with Crippen molar-refractivity contribution in [1.29, 1.82) is 0 Å². The van der Waals surface area contributed by atoms with Crippen LogP contribution in [0.3, 0.4) is 0 Å². The normalized spacial score (nSPS) is 26.8. The third-order valence-electron chi connectivity index (χ3n) is 2.07. The van der Waals surface area contributed by atoms with Gasteiger partial charge in [-0.2, -0.15) is 0 Å². The standard InChI is InChI=1S/C10H13FO2/c1-7-3-4-8(9(11)5-7)6-10(12)13-2/h3-5,8-9H,6H2,1-2H3. The highest BCUT2D eigenvalue weighted by atomic mass is 19.1. The number of methoxy groups -OCH3 is 1. The summed E-state index contributed by atoms with van der Waals surface area (Å²) in [7, 11) is 1.31. The quantitative estimate of drug-likeness (QED) is 0.614. The van der Waals surface area contributed by atoms with E-state index in [4.69, 9.17) is 0 Å². The van der Waals surface area contributed by atoms with Crippen LogP contribution in [0.15, 0.2) is 23.8 Å². The van der Waals surface area contributed by atoms with Gasteiger partial charge in [0.25, 0.3) is 0 Å². The Kier molecular flexibility index (Phi) is 3.23. The van der Waals surface area contributed by atoms with Gasteiger partial charge < -0.3 is 4.74 Å². The summed E-state index contributed by atoms with van der Waals surface area (Å²) >= 11 is 0. The Labute approximate surface area is 77.1 Å². The van der Waals surface area contributed by atoms with Crippen molar-refractivity contribution in [2.75, 3.05) is 7.11 Å². The van der Waals surface area contributed by atoms with Crippen molar-refractivity contribution in [3.63, 3.8) is 0 Å². The van der Waals surface area contributed by atoms with E-state index in [2.05, 4.69) is 4.74 Å². The molecule has 2 nitrogen and oxygen atoms in total. The molecule has 0 amide bonds. The summed E-state index contributed by atoms with van der Waals surface area (Å²) in [5.74, 6) is -0.735. The van der Waals surface area contributed by atoms with Gasteiger partial charge in [-0.05, 0) is 13.0 Å². The van der Waals surface area contributed by atoms with Crippen molar-refractivity contribution in [3.8, 4) is 0 Å². The van der Waals surface area contributed by atoms with Crippen LogP contribution in [0.25, 0.3) is 0 Å². The summed E-state index contributed by atoms with van der Waals surface area (Å²) in [4.78, 5) is 10.9. The maximum absolute atomic E-state index is 13.3. The van der Waals surface area contributed by atoms with Crippen LogP contribution in [-0.2, 0) is 9.53 Å². The Morgan fingerprint density at radius 3 is 2.92 bits per heavy atom. The molecule has 0 aliphatic heterocycles. The predicted octanol–water partition coefficient (Wildman–Crippen LogP) is 2.02. The van der Waals surface area contributed by atoms with Crippen LogP contribution in [-0.4, -0.2) is 19.3 Å². The Balaban J connectivity index is 2.55. The predicted molar refractivity (Wildman–Crippen MR) is 47.9 cm³/mol. The second-order valence-electron chi connectivity index (χ2n) is 3.16. The average Bonchev–Trinajstić information content (AvgIpc) is 2.09. The molecule has 0 aromatic heterocycles. The van der Waals surface area contributed by atoms with E-state index in [1.54, 1.807) is 6.08 Å². The minimum atomic E-state index is -1.07. The molecular weight excluding hydrogens is 171 g/mol. The number of hydrogen-bond donors (Lipinski definition) is 0. The molecule has 0 radical (unpaired) electrons. The molecule has 0 heterocycles. The average molecular weight is 184 g/mol. The van der Waals surface area contributed by atoms with Gasteiger partial charge >= 0.3 is 5.97 Å². The number of esters is 1. The number of carbonyl (C=O) groups excluding carboxylic acids is 1. The van der Waals surface area contributed by atoms with Gasteiger partial charge in [0.05, 0.1) is 13.5 Å².